The summed E-state index contributed by atoms with van der Waals surface area (Å²) in [7, 11) is 3.29. The molecule has 0 spiro atoms. The molecule has 1 fully saturated rings. The molecule has 0 aliphatic carbocycles. The van der Waals surface area contributed by atoms with Gasteiger partial charge in [0.15, 0.2) is 0 Å². The number of aromatic nitrogens is 1. The van der Waals surface area contributed by atoms with Gasteiger partial charge in [-0.05, 0) is 49.1 Å². The van der Waals surface area contributed by atoms with E-state index in [4.69, 9.17) is 9.47 Å². The van der Waals surface area contributed by atoms with E-state index in [1.807, 2.05) is 24.3 Å². The van der Waals surface area contributed by atoms with Crippen LogP contribution in [0.2, 0.25) is 0 Å². The Morgan fingerprint density at radius 1 is 1.30 bits per heavy atom. The van der Waals surface area contributed by atoms with Gasteiger partial charge in [0, 0.05) is 32.9 Å². The van der Waals surface area contributed by atoms with E-state index in [9.17, 15) is 9.59 Å². The van der Waals surface area contributed by atoms with Crippen molar-refractivity contribution in [1.82, 2.24) is 9.47 Å². The zero-order chi connectivity index (χ0) is 19.2. The molecule has 1 aliphatic rings. The molecule has 1 aromatic carbocycles. The predicted octanol–water partition coefficient (Wildman–Crippen LogP) is 2.26. The molecule has 1 atom stereocenters. The maximum atomic E-state index is 13.1. The Hall–Kier alpha value is -2.60. The second-order valence-corrected chi connectivity index (χ2v) is 6.82. The Bertz CT molecular complexity index is 823. The van der Waals surface area contributed by atoms with Crippen LogP contribution in [-0.2, 0) is 18.2 Å². The lowest BCUT2D eigenvalue weighted by molar-refractivity contribution is 0.0527. The van der Waals surface area contributed by atoms with E-state index in [1.54, 1.807) is 37.4 Å². The van der Waals surface area contributed by atoms with E-state index >= 15 is 0 Å². The highest BCUT2D eigenvalue weighted by molar-refractivity contribution is 5.93. The van der Waals surface area contributed by atoms with E-state index in [-0.39, 0.29) is 23.1 Å². The number of nitrogens with zero attached hydrogens (tertiary/aromatic N) is 2. The van der Waals surface area contributed by atoms with E-state index in [2.05, 4.69) is 0 Å². The first kappa shape index (κ1) is 19.2. The lowest BCUT2D eigenvalue weighted by Crippen LogP contribution is -2.41. The number of amides is 1. The third-order valence-corrected chi connectivity index (χ3v) is 4.92. The van der Waals surface area contributed by atoms with Gasteiger partial charge in [0.2, 0.25) is 0 Å². The van der Waals surface area contributed by atoms with Crippen molar-refractivity contribution in [2.45, 2.75) is 25.4 Å². The van der Waals surface area contributed by atoms with Crippen LogP contribution >= 0.6 is 0 Å². The summed E-state index contributed by atoms with van der Waals surface area (Å²) >= 11 is 0. The van der Waals surface area contributed by atoms with Crippen LogP contribution in [0.5, 0.6) is 5.75 Å². The minimum atomic E-state index is -0.274. The van der Waals surface area contributed by atoms with Crippen LogP contribution in [0.4, 0.5) is 0 Å². The molecule has 144 valence electrons. The monoisotopic (exact) mass is 370 g/mol. The summed E-state index contributed by atoms with van der Waals surface area (Å²) in [6.07, 6.45) is 4.35. The molecule has 1 saturated heterocycles. The lowest BCUT2D eigenvalue weighted by atomic mass is 10.1. The van der Waals surface area contributed by atoms with E-state index < -0.39 is 0 Å². The highest BCUT2D eigenvalue weighted by Gasteiger charge is 2.25. The molecule has 1 aromatic heterocycles. The van der Waals surface area contributed by atoms with Crippen LogP contribution in [0.3, 0.4) is 0 Å². The first-order valence-electron chi connectivity index (χ1n) is 9.28. The second kappa shape index (κ2) is 8.86. The molecule has 2 aromatic rings. The normalized spacial score (nSPS) is 16.3. The van der Waals surface area contributed by atoms with Crippen molar-refractivity contribution < 1.29 is 14.3 Å². The molecule has 0 N–H and O–H groups in total. The average Bonchev–Trinajstić information content (AvgIpc) is 3.20. The Balaban J connectivity index is 1.75. The smallest absolute Gasteiger partial charge is 0.263 e. The second-order valence-electron chi connectivity index (χ2n) is 6.82. The minimum absolute atomic E-state index is 0.0392. The quantitative estimate of drug-likeness (QED) is 0.750. The van der Waals surface area contributed by atoms with Gasteiger partial charge in [-0.15, -0.1) is 0 Å². The van der Waals surface area contributed by atoms with Crippen LogP contribution in [-0.4, -0.2) is 48.3 Å². The number of methoxy groups -OCH3 is 1. The van der Waals surface area contributed by atoms with Crippen molar-refractivity contribution in [1.29, 1.82) is 0 Å². The predicted molar refractivity (Wildman–Crippen MR) is 103 cm³/mol. The molecule has 27 heavy (non-hydrogen) atoms. The maximum absolute atomic E-state index is 13.1. The number of benzene rings is 1. The molecule has 0 bridgehead atoms. The molecule has 0 radical (unpaired) electrons. The molecular weight excluding hydrogens is 344 g/mol. The largest absolute Gasteiger partial charge is 0.497 e. The summed E-state index contributed by atoms with van der Waals surface area (Å²) < 4.78 is 12.3. The summed E-state index contributed by atoms with van der Waals surface area (Å²) in [5.74, 6) is 0.569. The van der Waals surface area contributed by atoms with Gasteiger partial charge in [-0.3, -0.25) is 9.59 Å². The molecule has 1 aliphatic heterocycles. The van der Waals surface area contributed by atoms with Gasteiger partial charge in [-0.2, -0.15) is 0 Å². The number of carbonyl (C=O) groups is 1. The Kier molecular flexibility index (Phi) is 6.29. The number of carbonyl (C=O) groups excluding carboxylic acids is 1. The third kappa shape index (κ3) is 4.77. The molecule has 0 saturated carbocycles. The van der Waals surface area contributed by atoms with Gasteiger partial charge in [-0.25, -0.2) is 0 Å². The van der Waals surface area contributed by atoms with Crippen LogP contribution < -0.4 is 10.3 Å². The fourth-order valence-electron chi connectivity index (χ4n) is 3.30. The summed E-state index contributed by atoms with van der Waals surface area (Å²) in [4.78, 5) is 27.2. The molecule has 1 amide bonds. The molecule has 6 heteroatoms. The fourth-order valence-corrected chi connectivity index (χ4v) is 3.30. The maximum Gasteiger partial charge on any atom is 0.263 e. The molecule has 2 heterocycles. The number of rotatable bonds is 7. The number of pyridine rings is 1. The van der Waals surface area contributed by atoms with Gasteiger partial charge in [0.1, 0.15) is 11.3 Å². The van der Waals surface area contributed by atoms with Gasteiger partial charge >= 0.3 is 0 Å². The molecule has 0 unspecified atom stereocenters. The standard InChI is InChI=1S/C21H26N2O4/c1-22-12-3-6-19(20(22)24)21(25)23(15-18-5-4-14-27-18)13-11-16-7-9-17(26-2)10-8-16/h3,6-10,12,18H,4-5,11,13-15H2,1-2H3/t18-/m1/s1. The van der Waals surface area contributed by atoms with Crippen molar-refractivity contribution in [2.24, 2.45) is 7.05 Å². The summed E-state index contributed by atoms with van der Waals surface area (Å²) in [5, 5.41) is 0. The Morgan fingerprint density at radius 2 is 2.07 bits per heavy atom. The first-order valence-corrected chi connectivity index (χ1v) is 9.28. The van der Waals surface area contributed by atoms with E-state index in [1.165, 1.54) is 4.57 Å². The minimum Gasteiger partial charge on any atom is -0.497 e. The highest BCUT2D eigenvalue weighted by atomic mass is 16.5. The van der Waals surface area contributed by atoms with Crippen molar-refractivity contribution in [3.05, 3.63) is 64.1 Å². The number of hydrogen-bond acceptors (Lipinski definition) is 4. The highest BCUT2D eigenvalue weighted by Crippen LogP contribution is 2.16. The van der Waals surface area contributed by atoms with E-state index in [0.29, 0.717) is 19.5 Å². The third-order valence-electron chi connectivity index (χ3n) is 4.92. The lowest BCUT2D eigenvalue weighted by Gasteiger charge is -2.25. The Labute approximate surface area is 159 Å². The van der Waals surface area contributed by atoms with Crippen molar-refractivity contribution in [3.8, 4) is 5.75 Å². The molecular formula is C21H26N2O4. The molecule has 3 rings (SSSR count). The summed E-state index contributed by atoms with van der Waals surface area (Å²) in [6, 6.07) is 11.1. The number of aryl methyl sites for hydroxylation is 1. The number of hydrogen-bond donors (Lipinski definition) is 0. The fraction of sp³-hybridized carbons (Fsp3) is 0.429. The molecule has 6 nitrogen and oxygen atoms in total. The topological polar surface area (TPSA) is 60.8 Å². The van der Waals surface area contributed by atoms with Crippen LogP contribution in [0.15, 0.2) is 47.4 Å². The van der Waals surface area contributed by atoms with E-state index in [0.717, 1.165) is 30.8 Å². The zero-order valence-corrected chi connectivity index (χ0v) is 15.9. The van der Waals surface area contributed by atoms with Gasteiger partial charge in [0.05, 0.1) is 13.2 Å². The van der Waals surface area contributed by atoms with Crippen LogP contribution in [0.1, 0.15) is 28.8 Å². The van der Waals surface area contributed by atoms with Crippen LogP contribution in [0, 0.1) is 0 Å². The zero-order valence-electron chi connectivity index (χ0n) is 15.9. The van der Waals surface area contributed by atoms with Gasteiger partial charge in [-0.1, -0.05) is 12.1 Å². The van der Waals surface area contributed by atoms with Gasteiger partial charge < -0.3 is 18.9 Å². The Morgan fingerprint density at radius 3 is 2.74 bits per heavy atom. The van der Waals surface area contributed by atoms with Gasteiger partial charge in [0.25, 0.3) is 11.5 Å². The van der Waals surface area contributed by atoms with Crippen molar-refractivity contribution >= 4 is 5.91 Å². The first-order chi connectivity index (χ1) is 13.1. The average molecular weight is 370 g/mol. The SMILES string of the molecule is COc1ccc(CCN(C[C@H]2CCCO2)C(=O)c2cccn(C)c2=O)cc1. The summed E-state index contributed by atoms with van der Waals surface area (Å²) in [5.41, 5.74) is 1.04. The van der Waals surface area contributed by atoms with Crippen molar-refractivity contribution in [3.63, 3.8) is 0 Å². The number of ether oxygens (including phenoxy) is 2. The van der Waals surface area contributed by atoms with Crippen molar-refractivity contribution in [2.75, 3.05) is 26.8 Å². The summed E-state index contributed by atoms with van der Waals surface area (Å²) in [6.45, 7) is 1.77. The van der Waals surface area contributed by atoms with Crippen LogP contribution in [0.25, 0.3) is 0 Å².